The Labute approximate surface area is 199 Å². The molecule has 0 radical (unpaired) electrons. The molecule has 0 aliphatic rings. The lowest BCUT2D eigenvalue weighted by molar-refractivity contribution is -0.143. The number of hydrogen-bond donors (Lipinski definition) is 1. The molecule has 0 heterocycles. The van der Waals surface area contributed by atoms with Crippen molar-refractivity contribution in [2.75, 3.05) is 6.61 Å². The van der Waals surface area contributed by atoms with Crippen LogP contribution in [0.5, 0.6) is 0 Å². The molecule has 0 saturated heterocycles. The first-order chi connectivity index (χ1) is 15.4. The average Bonchev–Trinajstić information content (AvgIpc) is 2.74. The summed E-state index contributed by atoms with van der Waals surface area (Å²) in [4.78, 5) is 12.2. The third kappa shape index (κ3) is 20.0. The molecule has 0 aromatic rings. The van der Waals surface area contributed by atoms with Crippen LogP contribution in [0.3, 0.4) is 0 Å². The molecule has 192 valence electrons. The Balaban J connectivity index is 3.80. The Kier molecular flexibility index (Phi) is 21.8. The molecule has 32 heavy (non-hydrogen) atoms. The number of unbranched alkanes of at least 4 members (excludes halogenated alkanes) is 18. The van der Waals surface area contributed by atoms with Crippen molar-refractivity contribution in [3.05, 3.63) is 0 Å². The largest absolute Gasteiger partial charge is 0.465 e. The Morgan fingerprint density at radius 1 is 0.625 bits per heavy atom. The minimum absolute atomic E-state index is 0.145. The fourth-order valence-corrected chi connectivity index (χ4v) is 4.84. The lowest BCUT2D eigenvalue weighted by Gasteiger charge is -2.13. The first-order valence-corrected chi connectivity index (χ1v) is 15.1. The molecule has 0 fully saturated rings. The molecule has 6 heteroatoms. The van der Waals surface area contributed by atoms with Crippen LogP contribution in [0.4, 0.5) is 0 Å². The summed E-state index contributed by atoms with van der Waals surface area (Å²) in [6, 6.07) is 0. The third-order valence-corrected chi connectivity index (χ3v) is 7.33. The van der Waals surface area contributed by atoms with E-state index in [9.17, 15) is 17.8 Å². The standard InChI is InChI=1S/C26H52O5S/c1-3-5-7-9-11-13-15-17-19-21-23-25(32(28,29)30)26(27)31-24-22-20-18-16-14-12-10-8-6-4-2/h25H,3-24H2,1-2H3,(H,28,29,30). The van der Waals surface area contributed by atoms with Gasteiger partial charge in [-0.2, -0.15) is 8.42 Å². The van der Waals surface area contributed by atoms with Gasteiger partial charge in [0.2, 0.25) is 0 Å². The van der Waals surface area contributed by atoms with E-state index in [2.05, 4.69) is 13.8 Å². The summed E-state index contributed by atoms with van der Waals surface area (Å²) in [5.41, 5.74) is 0. The van der Waals surface area contributed by atoms with E-state index in [0.717, 1.165) is 38.5 Å². The fourth-order valence-electron chi connectivity index (χ4n) is 4.06. The number of hydrogen-bond acceptors (Lipinski definition) is 4. The van der Waals surface area contributed by atoms with Crippen LogP contribution in [0.15, 0.2) is 0 Å². The van der Waals surface area contributed by atoms with Gasteiger partial charge in [-0.1, -0.05) is 136 Å². The van der Waals surface area contributed by atoms with Crippen LogP contribution < -0.4 is 0 Å². The van der Waals surface area contributed by atoms with E-state index in [1.807, 2.05) is 0 Å². The van der Waals surface area contributed by atoms with Crippen molar-refractivity contribution in [3.63, 3.8) is 0 Å². The third-order valence-electron chi connectivity index (χ3n) is 6.18. The van der Waals surface area contributed by atoms with Gasteiger partial charge in [-0.05, 0) is 12.8 Å². The van der Waals surface area contributed by atoms with Crippen LogP contribution >= 0.6 is 0 Å². The SMILES string of the molecule is CCCCCCCCCCCCOC(=O)C(CCCCCCCCCCCC)S(=O)(=O)O. The molecular formula is C26H52O5S. The van der Waals surface area contributed by atoms with Crippen molar-refractivity contribution in [1.82, 2.24) is 0 Å². The van der Waals surface area contributed by atoms with Crippen molar-refractivity contribution in [2.24, 2.45) is 0 Å². The topological polar surface area (TPSA) is 80.7 Å². The van der Waals surface area contributed by atoms with E-state index in [1.54, 1.807) is 0 Å². The highest BCUT2D eigenvalue weighted by Crippen LogP contribution is 2.16. The Hall–Kier alpha value is -0.620. The predicted octanol–water partition coefficient (Wildman–Crippen LogP) is 8.02. The molecule has 0 aromatic heterocycles. The number of ether oxygens (including phenoxy) is 1. The fraction of sp³-hybridized carbons (Fsp3) is 0.962. The van der Waals surface area contributed by atoms with E-state index in [1.165, 1.54) is 83.5 Å². The molecule has 0 amide bonds. The molecule has 1 atom stereocenters. The average molecular weight is 477 g/mol. The van der Waals surface area contributed by atoms with Gasteiger partial charge in [-0.15, -0.1) is 0 Å². The quantitative estimate of drug-likeness (QED) is 0.0866. The Morgan fingerprint density at radius 3 is 1.34 bits per heavy atom. The Bertz CT molecular complexity index is 518. The zero-order chi connectivity index (χ0) is 23.9. The molecule has 0 spiro atoms. The lowest BCUT2D eigenvalue weighted by Crippen LogP contribution is -2.32. The van der Waals surface area contributed by atoms with Crippen molar-refractivity contribution in [3.8, 4) is 0 Å². The van der Waals surface area contributed by atoms with Gasteiger partial charge in [0.1, 0.15) is 0 Å². The second-order valence-corrected chi connectivity index (χ2v) is 10.9. The van der Waals surface area contributed by atoms with Crippen LogP contribution in [0.25, 0.3) is 0 Å². The van der Waals surface area contributed by atoms with Crippen molar-refractivity contribution < 1.29 is 22.5 Å². The van der Waals surface area contributed by atoms with Crippen LogP contribution in [0.1, 0.15) is 149 Å². The predicted molar refractivity (Wildman–Crippen MR) is 135 cm³/mol. The summed E-state index contributed by atoms with van der Waals surface area (Å²) >= 11 is 0. The van der Waals surface area contributed by atoms with Crippen molar-refractivity contribution in [1.29, 1.82) is 0 Å². The minimum Gasteiger partial charge on any atom is -0.465 e. The molecule has 0 aliphatic carbocycles. The van der Waals surface area contributed by atoms with E-state index in [0.29, 0.717) is 6.42 Å². The molecule has 0 rings (SSSR count). The second-order valence-electron chi connectivity index (χ2n) is 9.32. The Morgan fingerprint density at radius 2 is 0.969 bits per heavy atom. The van der Waals surface area contributed by atoms with E-state index >= 15 is 0 Å². The van der Waals surface area contributed by atoms with Crippen LogP contribution in [-0.2, 0) is 19.6 Å². The maximum absolute atomic E-state index is 12.2. The number of carbonyl (C=O) groups excluding carboxylic acids is 1. The smallest absolute Gasteiger partial charge is 0.326 e. The van der Waals surface area contributed by atoms with Crippen molar-refractivity contribution >= 4 is 16.1 Å². The van der Waals surface area contributed by atoms with Crippen LogP contribution in [-0.4, -0.2) is 30.8 Å². The molecule has 1 unspecified atom stereocenters. The molecule has 0 aliphatic heterocycles. The monoisotopic (exact) mass is 476 g/mol. The van der Waals surface area contributed by atoms with Gasteiger partial charge >= 0.3 is 5.97 Å². The summed E-state index contributed by atoms with van der Waals surface area (Å²) in [7, 11) is -4.41. The summed E-state index contributed by atoms with van der Waals surface area (Å²) in [5.74, 6) is -0.792. The number of rotatable bonds is 24. The van der Waals surface area contributed by atoms with Gasteiger partial charge in [0.25, 0.3) is 10.1 Å². The molecule has 5 nitrogen and oxygen atoms in total. The molecule has 1 N–H and O–H groups in total. The van der Waals surface area contributed by atoms with Crippen molar-refractivity contribution in [2.45, 2.75) is 154 Å². The van der Waals surface area contributed by atoms with Gasteiger partial charge in [-0.25, -0.2) is 0 Å². The summed E-state index contributed by atoms with van der Waals surface area (Å²) in [6.07, 6.45) is 23.3. The molecule has 0 bridgehead atoms. The van der Waals surface area contributed by atoms with Gasteiger partial charge in [0, 0.05) is 0 Å². The highest BCUT2D eigenvalue weighted by Gasteiger charge is 2.31. The number of carbonyl (C=O) groups is 1. The van der Waals surface area contributed by atoms with Gasteiger partial charge in [0.05, 0.1) is 6.61 Å². The maximum atomic E-state index is 12.2. The summed E-state index contributed by atoms with van der Waals surface area (Å²) < 4.78 is 37.8. The van der Waals surface area contributed by atoms with Gasteiger partial charge in [-0.3, -0.25) is 9.35 Å². The van der Waals surface area contributed by atoms with Gasteiger partial charge in [0.15, 0.2) is 5.25 Å². The van der Waals surface area contributed by atoms with Crippen LogP contribution in [0.2, 0.25) is 0 Å². The number of esters is 1. The lowest BCUT2D eigenvalue weighted by atomic mass is 10.1. The van der Waals surface area contributed by atoms with Crippen LogP contribution in [0, 0.1) is 0 Å². The molecule has 0 aromatic carbocycles. The van der Waals surface area contributed by atoms with E-state index in [-0.39, 0.29) is 13.0 Å². The first-order valence-electron chi connectivity index (χ1n) is 13.6. The maximum Gasteiger partial charge on any atom is 0.326 e. The first kappa shape index (κ1) is 31.4. The zero-order valence-electron chi connectivity index (χ0n) is 21.1. The zero-order valence-corrected chi connectivity index (χ0v) is 21.9. The van der Waals surface area contributed by atoms with E-state index in [4.69, 9.17) is 4.74 Å². The summed E-state index contributed by atoms with van der Waals surface area (Å²) in [6.45, 7) is 4.68. The summed E-state index contributed by atoms with van der Waals surface area (Å²) in [5, 5.41) is -1.43. The van der Waals surface area contributed by atoms with Gasteiger partial charge < -0.3 is 4.74 Å². The highest BCUT2D eigenvalue weighted by atomic mass is 32.2. The highest BCUT2D eigenvalue weighted by molar-refractivity contribution is 7.87. The normalized spacial score (nSPS) is 12.7. The van der Waals surface area contributed by atoms with E-state index < -0.39 is 21.3 Å². The molecular weight excluding hydrogens is 424 g/mol. The molecule has 0 saturated carbocycles. The minimum atomic E-state index is -4.41. The second kappa shape index (κ2) is 22.2.